The summed E-state index contributed by atoms with van der Waals surface area (Å²) in [5.74, 6) is 0.217. The molecule has 1 saturated heterocycles. The third-order valence-electron chi connectivity index (χ3n) is 5.58. The quantitative estimate of drug-likeness (QED) is 0.625. The van der Waals surface area contributed by atoms with E-state index in [2.05, 4.69) is 0 Å². The lowest BCUT2D eigenvalue weighted by atomic mass is 9.84. The van der Waals surface area contributed by atoms with Crippen LogP contribution in [0.1, 0.15) is 17.5 Å². The number of phenols is 1. The summed E-state index contributed by atoms with van der Waals surface area (Å²) in [5.41, 5.74) is 3.94. The molecule has 2 aliphatic heterocycles. The summed E-state index contributed by atoms with van der Waals surface area (Å²) in [4.78, 5) is 0. The van der Waals surface area contributed by atoms with E-state index in [0.29, 0.717) is 6.42 Å². The van der Waals surface area contributed by atoms with E-state index < -0.39 is 21.5 Å². The van der Waals surface area contributed by atoms with Crippen LogP contribution in [-0.4, -0.2) is 31.0 Å². The van der Waals surface area contributed by atoms with Crippen LogP contribution in [-0.2, 0) is 14.9 Å². The first-order valence-electron chi connectivity index (χ1n) is 9.75. The Morgan fingerprint density at radius 2 is 1.37 bits per heavy atom. The Hall–Kier alpha value is -3.09. The maximum absolute atomic E-state index is 13.1. The van der Waals surface area contributed by atoms with Gasteiger partial charge in [-0.15, -0.1) is 0 Å². The Bertz CT molecular complexity index is 1190. The van der Waals surface area contributed by atoms with Gasteiger partial charge in [-0.25, -0.2) is 0 Å². The molecule has 30 heavy (non-hydrogen) atoms. The second kappa shape index (κ2) is 7.31. The standard InChI is InChI=1S/C24H20O5S/c25-18-11-13-19(14-12-18)29-30(26,27)21-15-20-22(16-7-3-1-4-8-16)23(24(21)28-20)17-9-5-2-6-10-17/h1-14,20-21,24-25H,15H2/t20-,21+,24+/m1/s1. The fourth-order valence-corrected chi connectivity index (χ4v) is 5.70. The fourth-order valence-electron chi connectivity index (χ4n) is 4.28. The molecule has 2 bridgehead atoms. The van der Waals surface area contributed by atoms with Gasteiger partial charge in [0, 0.05) is 6.42 Å². The van der Waals surface area contributed by atoms with Crippen molar-refractivity contribution in [1.82, 2.24) is 0 Å². The number of fused-ring (bicyclic) bond motifs is 2. The molecule has 0 spiro atoms. The van der Waals surface area contributed by atoms with Crippen LogP contribution in [0, 0.1) is 0 Å². The van der Waals surface area contributed by atoms with E-state index in [-0.39, 0.29) is 17.6 Å². The lowest BCUT2D eigenvalue weighted by Gasteiger charge is -2.24. The summed E-state index contributed by atoms with van der Waals surface area (Å²) in [7, 11) is -3.94. The van der Waals surface area contributed by atoms with Crippen molar-refractivity contribution in [2.45, 2.75) is 23.9 Å². The smallest absolute Gasteiger partial charge is 0.315 e. The average Bonchev–Trinajstić information content (AvgIpc) is 3.36. The van der Waals surface area contributed by atoms with Gasteiger partial charge in [0.25, 0.3) is 0 Å². The van der Waals surface area contributed by atoms with Gasteiger partial charge in [0.2, 0.25) is 0 Å². The van der Waals surface area contributed by atoms with Crippen LogP contribution in [0.4, 0.5) is 0 Å². The molecule has 5 nitrogen and oxygen atoms in total. The second-order valence-corrected chi connectivity index (χ2v) is 9.21. The van der Waals surface area contributed by atoms with Crippen LogP contribution < -0.4 is 4.18 Å². The maximum Gasteiger partial charge on any atom is 0.315 e. The van der Waals surface area contributed by atoms with Crippen LogP contribution in [0.3, 0.4) is 0 Å². The number of ether oxygens (including phenoxy) is 1. The van der Waals surface area contributed by atoms with E-state index in [1.165, 1.54) is 24.3 Å². The molecule has 152 valence electrons. The molecule has 3 aromatic rings. The van der Waals surface area contributed by atoms with Crippen LogP contribution >= 0.6 is 0 Å². The van der Waals surface area contributed by atoms with Gasteiger partial charge in [-0.3, -0.25) is 0 Å². The van der Waals surface area contributed by atoms with Gasteiger partial charge in [0.15, 0.2) is 0 Å². The molecule has 0 saturated carbocycles. The first-order valence-corrected chi connectivity index (χ1v) is 11.2. The van der Waals surface area contributed by atoms with Crippen LogP contribution in [0.2, 0.25) is 0 Å². The van der Waals surface area contributed by atoms with Gasteiger partial charge in [-0.1, -0.05) is 60.7 Å². The van der Waals surface area contributed by atoms with Crippen molar-refractivity contribution in [2.24, 2.45) is 0 Å². The molecule has 3 atom stereocenters. The van der Waals surface area contributed by atoms with Crippen LogP contribution in [0.15, 0.2) is 84.9 Å². The molecule has 2 aliphatic rings. The maximum atomic E-state index is 13.1. The van der Waals surface area contributed by atoms with E-state index in [0.717, 1.165) is 22.3 Å². The summed E-state index contributed by atoms with van der Waals surface area (Å²) in [6.45, 7) is 0. The Balaban J connectivity index is 1.55. The molecule has 0 amide bonds. The number of phenolic OH excluding ortho intramolecular Hbond substituents is 1. The molecule has 1 fully saturated rings. The van der Waals surface area contributed by atoms with Crippen molar-refractivity contribution in [2.75, 3.05) is 0 Å². The Morgan fingerprint density at radius 3 is 1.97 bits per heavy atom. The first-order chi connectivity index (χ1) is 14.5. The predicted molar refractivity (Wildman–Crippen MR) is 114 cm³/mol. The van der Waals surface area contributed by atoms with Crippen molar-refractivity contribution in [3.05, 3.63) is 96.1 Å². The minimum atomic E-state index is -3.94. The number of rotatable bonds is 5. The van der Waals surface area contributed by atoms with Crippen LogP contribution in [0.5, 0.6) is 11.5 Å². The zero-order valence-electron chi connectivity index (χ0n) is 16.0. The zero-order valence-corrected chi connectivity index (χ0v) is 16.8. The normalized spacial score (nSPS) is 23.0. The molecular weight excluding hydrogens is 400 g/mol. The second-order valence-electron chi connectivity index (χ2n) is 7.45. The fraction of sp³-hybridized carbons (Fsp3) is 0.167. The molecular formula is C24H20O5S. The first kappa shape index (κ1) is 18.9. The van der Waals surface area contributed by atoms with E-state index >= 15 is 0 Å². The van der Waals surface area contributed by atoms with Crippen molar-refractivity contribution < 1.29 is 22.4 Å². The lowest BCUT2D eigenvalue weighted by Crippen LogP contribution is -2.35. The van der Waals surface area contributed by atoms with Crippen molar-refractivity contribution in [3.8, 4) is 11.5 Å². The number of aromatic hydroxyl groups is 1. The zero-order chi connectivity index (χ0) is 20.7. The number of benzene rings is 3. The van der Waals surface area contributed by atoms with Crippen LogP contribution in [0.25, 0.3) is 11.1 Å². The molecule has 2 heterocycles. The third kappa shape index (κ3) is 3.28. The van der Waals surface area contributed by atoms with Crippen molar-refractivity contribution in [1.29, 1.82) is 0 Å². The van der Waals surface area contributed by atoms with Gasteiger partial charge >= 0.3 is 10.1 Å². The minimum Gasteiger partial charge on any atom is -0.508 e. The molecule has 0 unspecified atom stereocenters. The van der Waals surface area contributed by atoms with E-state index in [1.54, 1.807) is 0 Å². The SMILES string of the molecule is O=S(=O)(Oc1ccc(O)cc1)[C@H]1C[C@H]2O[C@@H]1C(c1ccccc1)=C2c1ccccc1. The van der Waals surface area contributed by atoms with Gasteiger partial charge in [0.1, 0.15) is 22.9 Å². The summed E-state index contributed by atoms with van der Waals surface area (Å²) in [6.07, 6.45) is -0.573. The summed E-state index contributed by atoms with van der Waals surface area (Å²) in [5, 5.41) is 8.61. The number of hydrogen-bond donors (Lipinski definition) is 1. The lowest BCUT2D eigenvalue weighted by molar-refractivity contribution is 0.128. The summed E-state index contributed by atoms with van der Waals surface area (Å²) >= 11 is 0. The van der Waals surface area contributed by atoms with Gasteiger partial charge in [-0.2, -0.15) is 8.42 Å². The average molecular weight is 420 g/mol. The minimum absolute atomic E-state index is 0.0461. The Morgan fingerprint density at radius 1 is 0.800 bits per heavy atom. The Kier molecular flexibility index (Phi) is 4.60. The van der Waals surface area contributed by atoms with E-state index in [1.807, 2.05) is 60.7 Å². The summed E-state index contributed by atoms with van der Waals surface area (Å²) < 4.78 is 37.8. The van der Waals surface area contributed by atoms with Gasteiger partial charge in [-0.05, 0) is 46.5 Å². The van der Waals surface area contributed by atoms with Crippen molar-refractivity contribution >= 4 is 21.3 Å². The highest BCUT2D eigenvalue weighted by Crippen LogP contribution is 2.50. The predicted octanol–water partition coefficient (Wildman–Crippen LogP) is 4.25. The molecule has 1 N–H and O–H groups in total. The Labute approximate surface area is 175 Å². The molecule has 5 rings (SSSR count). The highest BCUT2D eigenvalue weighted by Gasteiger charge is 2.53. The molecule has 6 heteroatoms. The van der Waals surface area contributed by atoms with Gasteiger partial charge in [0.05, 0.1) is 6.10 Å². The monoisotopic (exact) mass is 420 g/mol. The molecule has 0 aliphatic carbocycles. The summed E-state index contributed by atoms with van der Waals surface area (Å²) in [6, 6.07) is 25.4. The highest BCUT2D eigenvalue weighted by molar-refractivity contribution is 7.87. The van der Waals surface area contributed by atoms with E-state index in [4.69, 9.17) is 8.92 Å². The highest BCUT2D eigenvalue weighted by atomic mass is 32.2. The van der Waals surface area contributed by atoms with E-state index in [9.17, 15) is 13.5 Å². The van der Waals surface area contributed by atoms with Gasteiger partial charge < -0.3 is 14.0 Å². The third-order valence-corrected chi connectivity index (χ3v) is 7.19. The largest absolute Gasteiger partial charge is 0.508 e. The molecule has 0 aromatic heterocycles. The molecule has 0 radical (unpaired) electrons. The molecule has 3 aromatic carbocycles. The number of hydrogen-bond acceptors (Lipinski definition) is 5. The van der Waals surface area contributed by atoms with Crippen molar-refractivity contribution in [3.63, 3.8) is 0 Å². The topological polar surface area (TPSA) is 72.8 Å².